The summed E-state index contributed by atoms with van der Waals surface area (Å²) in [5.74, 6) is -1.65. The van der Waals surface area contributed by atoms with Gasteiger partial charge in [0.25, 0.3) is 0 Å². The number of carbonyl (C=O) groups excluding carboxylic acids is 1. The summed E-state index contributed by atoms with van der Waals surface area (Å²) in [4.78, 5) is 26.2. The van der Waals surface area contributed by atoms with Gasteiger partial charge in [-0.1, -0.05) is 0 Å². The Hall–Kier alpha value is -1.15. The first kappa shape index (κ1) is 16.7. The minimum atomic E-state index is -3.23. The minimum Gasteiger partial charge on any atom is -0.481 e. The van der Waals surface area contributed by atoms with E-state index in [4.69, 9.17) is 0 Å². The molecule has 4 aliphatic rings. The van der Waals surface area contributed by atoms with E-state index in [1.165, 1.54) is 10.6 Å². The maximum Gasteiger partial charge on any atom is 0.307 e. The molecule has 0 unspecified atom stereocenters. The molecule has 0 radical (unpaired) electrons. The molecule has 7 nitrogen and oxygen atoms in total. The van der Waals surface area contributed by atoms with Crippen molar-refractivity contribution in [2.75, 3.05) is 32.4 Å². The largest absolute Gasteiger partial charge is 0.481 e. The van der Waals surface area contributed by atoms with Gasteiger partial charge in [0, 0.05) is 26.2 Å². The van der Waals surface area contributed by atoms with Crippen LogP contribution in [-0.2, 0) is 19.6 Å². The molecule has 1 saturated heterocycles. The molecule has 23 heavy (non-hydrogen) atoms. The Morgan fingerprint density at radius 3 is 1.83 bits per heavy atom. The van der Waals surface area contributed by atoms with Gasteiger partial charge in [-0.15, -0.1) is 0 Å². The summed E-state index contributed by atoms with van der Waals surface area (Å²) < 4.78 is 24.5. The van der Waals surface area contributed by atoms with E-state index < -0.39 is 27.8 Å². The Morgan fingerprint density at radius 1 is 0.913 bits per heavy atom. The molecule has 3 saturated carbocycles. The lowest BCUT2D eigenvalue weighted by Crippen LogP contribution is -2.56. The number of rotatable bonds is 3. The molecule has 1 aliphatic heterocycles. The van der Waals surface area contributed by atoms with E-state index in [0.29, 0.717) is 26.2 Å². The molecule has 0 aromatic heterocycles. The number of aliphatic carboxylic acids is 1. The van der Waals surface area contributed by atoms with Crippen molar-refractivity contribution >= 4 is 21.9 Å². The zero-order valence-electron chi connectivity index (χ0n) is 13.3. The average molecular weight is 344 g/mol. The van der Waals surface area contributed by atoms with Crippen LogP contribution in [0.2, 0.25) is 0 Å². The molecule has 0 aromatic rings. The topological polar surface area (TPSA) is 95.0 Å². The molecule has 0 aromatic carbocycles. The zero-order valence-corrected chi connectivity index (χ0v) is 14.2. The first-order valence-corrected chi connectivity index (χ1v) is 10.1. The third kappa shape index (κ3) is 3.10. The number of nitrogens with zero attached hydrogens (tertiary/aromatic N) is 2. The highest BCUT2D eigenvalue weighted by Crippen LogP contribution is 2.49. The summed E-state index contributed by atoms with van der Waals surface area (Å²) >= 11 is 0. The third-order valence-electron chi connectivity index (χ3n) is 5.81. The first-order chi connectivity index (χ1) is 10.8. The van der Waals surface area contributed by atoms with Crippen LogP contribution in [0.1, 0.15) is 25.7 Å². The summed E-state index contributed by atoms with van der Waals surface area (Å²) in [7, 11) is -3.23. The minimum absolute atomic E-state index is 0.0834. The lowest BCUT2D eigenvalue weighted by molar-refractivity contribution is -0.162. The molecule has 1 amide bonds. The number of amides is 1. The summed E-state index contributed by atoms with van der Waals surface area (Å²) in [6.45, 7) is 1.30. The maximum atomic E-state index is 12.9. The summed E-state index contributed by atoms with van der Waals surface area (Å²) in [5, 5.41) is 9.57. The zero-order chi connectivity index (χ0) is 16.8. The lowest BCUT2D eigenvalue weighted by atomic mass is 9.58. The Labute approximate surface area is 136 Å². The van der Waals surface area contributed by atoms with Crippen LogP contribution in [0.15, 0.2) is 0 Å². The number of hydrogen-bond acceptors (Lipinski definition) is 4. The smallest absolute Gasteiger partial charge is 0.307 e. The third-order valence-corrected chi connectivity index (χ3v) is 7.11. The van der Waals surface area contributed by atoms with Gasteiger partial charge in [0.2, 0.25) is 15.9 Å². The van der Waals surface area contributed by atoms with Crippen molar-refractivity contribution in [2.24, 2.45) is 23.7 Å². The molecule has 130 valence electrons. The lowest BCUT2D eigenvalue weighted by Gasteiger charge is -2.47. The predicted octanol–water partition coefficient (Wildman–Crippen LogP) is 0.227. The highest BCUT2D eigenvalue weighted by atomic mass is 32.2. The second kappa shape index (κ2) is 6.05. The van der Waals surface area contributed by atoms with Gasteiger partial charge >= 0.3 is 5.97 Å². The van der Waals surface area contributed by atoms with Gasteiger partial charge in [-0.3, -0.25) is 9.59 Å². The Morgan fingerprint density at radius 2 is 1.39 bits per heavy atom. The summed E-state index contributed by atoms with van der Waals surface area (Å²) in [5.41, 5.74) is 0. The van der Waals surface area contributed by atoms with Crippen molar-refractivity contribution in [3.63, 3.8) is 0 Å². The van der Waals surface area contributed by atoms with Gasteiger partial charge in [0.15, 0.2) is 0 Å². The van der Waals surface area contributed by atoms with E-state index in [1.54, 1.807) is 4.90 Å². The van der Waals surface area contributed by atoms with E-state index in [1.807, 2.05) is 0 Å². The Bertz CT molecular complexity index is 589. The Balaban J connectivity index is 1.71. The van der Waals surface area contributed by atoms with Crippen LogP contribution in [0.3, 0.4) is 0 Å². The highest BCUT2D eigenvalue weighted by Gasteiger charge is 2.51. The SMILES string of the molecule is CS(=O)(=O)N1CCN(C(=O)[C@@H]2C3CCC(CC3)[C@@H]2C(=O)O)CC1. The molecule has 8 heteroatoms. The highest BCUT2D eigenvalue weighted by molar-refractivity contribution is 7.88. The van der Waals surface area contributed by atoms with Gasteiger partial charge in [-0.2, -0.15) is 4.31 Å². The van der Waals surface area contributed by atoms with Gasteiger partial charge in [-0.25, -0.2) is 8.42 Å². The van der Waals surface area contributed by atoms with Gasteiger partial charge in [0.05, 0.1) is 18.1 Å². The molecule has 0 spiro atoms. The second-order valence-electron chi connectivity index (χ2n) is 7.05. The first-order valence-electron chi connectivity index (χ1n) is 8.25. The van der Waals surface area contributed by atoms with Crippen LogP contribution in [0.25, 0.3) is 0 Å². The quantitative estimate of drug-likeness (QED) is 0.791. The molecular formula is C15H24N2O5S. The molecule has 1 N–H and O–H groups in total. The van der Waals surface area contributed by atoms with Crippen molar-refractivity contribution in [3.8, 4) is 0 Å². The number of piperazine rings is 1. The summed E-state index contributed by atoms with van der Waals surface area (Å²) in [6, 6.07) is 0. The number of carboxylic acid groups (broad SMARTS) is 1. The van der Waals surface area contributed by atoms with Crippen LogP contribution in [0, 0.1) is 23.7 Å². The monoisotopic (exact) mass is 344 g/mol. The van der Waals surface area contributed by atoms with Crippen LogP contribution >= 0.6 is 0 Å². The molecular weight excluding hydrogens is 320 g/mol. The van der Waals surface area contributed by atoms with E-state index in [2.05, 4.69) is 0 Å². The van der Waals surface area contributed by atoms with Gasteiger partial charge < -0.3 is 10.0 Å². The number of carbonyl (C=O) groups is 2. The maximum absolute atomic E-state index is 12.9. The molecule has 3 aliphatic carbocycles. The molecule has 1 heterocycles. The van der Waals surface area contributed by atoms with Crippen LogP contribution in [0.5, 0.6) is 0 Å². The summed E-state index contributed by atoms with van der Waals surface area (Å²) in [6.07, 6.45) is 4.87. The van der Waals surface area contributed by atoms with Crippen molar-refractivity contribution < 1.29 is 23.1 Å². The van der Waals surface area contributed by atoms with Crippen LogP contribution in [0.4, 0.5) is 0 Å². The van der Waals surface area contributed by atoms with Crippen LogP contribution < -0.4 is 0 Å². The van der Waals surface area contributed by atoms with E-state index in [9.17, 15) is 23.1 Å². The fourth-order valence-corrected chi connectivity index (χ4v) is 5.44. The predicted molar refractivity (Wildman–Crippen MR) is 83.1 cm³/mol. The number of carboxylic acids is 1. The Kier molecular flexibility index (Phi) is 4.39. The van der Waals surface area contributed by atoms with Gasteiger partial charge in [0.1, 0.15) is 0 Å². The number of sulfonamides is 1. The van der Waals surface area contributed by atoms with E-state index in [-0.39, 0.29) is 17.7 Å². The fourth-order valence-electron chi connectivity index (χ4n) is 4.61. The average Bonchev–Trinajstić information content (AvgIpc) is 2.53. The molecule has 4 fully saturated rings. The van der Waals surface area contributed by atoms with Crippen molar-refractivity contribution in [3.05, 3.63) is 0 Å². The molecule has 2 bridgehead atoms. The number of fused-ring (bicyclic) bond motifs is 3. The number of hydrogen-bond donors (Lipinski definition) is 1. The standard InChI is InChI=1S/C15H24N2O5S/c1-23(21,22)17-8-6-16(7-9-17)14(18)12-10-2-4-11(5-3-10)13(12)15(19)20/h10-13H,2-9H2,1H3,(H,19,20)/t10?,11?,12-,13+/m1/s1. The second-order valence-corrected chi connectivity index (χ2v) is 9.03. The molecule has 2 atom stereocenters. The normalized spacial score (nSPS) is 35.3. The van der Waals surface area contributed by atoms with Crippen molar-refractivity contribution in [2.45, 2.75) is 25.7 Å². The van der Waals surface area contributed by atoms with E-state index in [0.717, 1.165) is 25.7 Å². The molecule has 4 rings (SSSR count). The van der Waals surface area contributed by atoms with Gasteiger partial charge in [-0.05, 0) is 37.5 Å². The van der Waals surface area contributed by atoms with Crippen molar-refractivity contribution in [1.29, 1.82) is 0 Å². The van der Waals surface area contributed by atoms with Crippen molar-refractivity contribution in [1.82, 2.24) is 9.21 Å². The van der Waals surface area contributed by atoms with E-state index >= 15 is 0 Å². The fraction of sp³-hybridized carbons (Fsp3) is 0.867. The van der Waals surface area contributed by atoms with Crippen LogP contribution in [-0.4, -0.2) is 67.0 Å².